The average Bonchev–Trinajstić information content (AvgIpc) is 2.83. The van der Waals surface area contributed by atoms with Gasteiger partial charge in [-0.25, -0.2) is 14.8 Å². The van der Waals surface area contributed by atoms with Gasteiger partial charge in [0.1, 0.15) is 12.0 Å². The van der Waals surface area contributed by atoms with Crippen molar-refractivity contribution in [2.75, 3.05) is 0 Å². The van der Waals surface area contributed by atoms with Crippen molar-refractivity contribution in [2.45, 2.75) is 6.92 Å². The zero-order chi connectivity index (χ0) is 13.4. The predicted octanol–water partition coefficient (Wildman–Crippen LogP) is 2.63. The summed E-state index contributed by atoms with van der Waals surface area (Å²) in [5.74, 6) is -0.990. The fourth-order valence-electron chi connectivity index (χ4n) is 2.17. The number of benzene rings is 1. The van der Waals surface area contributed by atoms with Crippen LogP contribution in [0.25, 0.3) is 22.3 Å². The smallest absolute Gasteiger partial charge is 0.338 e. The standard InChI is InChI=1S/C14H11N3O2/c1-8-4-2-3-5-9(8)12-11-10(14(18)19)6-15-13(11)17-7-16-12/h2-7H,1H3,(H,18,19)(H,15,16,17). The van der Waals surface area contributed by atoms with Gasteiger partial charge in [0.05, 0.1) is 16.6 Å². The summed E-state index contributed by atoms with van der Waals surface area (Å²) in [7, 11) is 0. The first kappa shape index (κ1) is 11.4. The number of carbonyl (C=O) groups is 1. The molecule has 0 atom stereocenters. The van der Waals surface area contributed by atoms with Crippen LogP contribution in [0, 0.1) is 6.92 Å². The first-order valence-corrected chi connectivity index (χ1v) is 5.80. The van der Waals surface area contributed by atoms with Crippen LogP contribution in [0.1, 0.15) is 15.9 Å². The third-order valence-electron chi connectivity index (χ3n) is 3.10. The number of nitrogens with zero attached hydrogens (tertiary/aromatic N) is 2. The summed E-state index contributed by atoms with van der Waals surface area (Å²) in [4.78, 5) is 22.5. The predicted molar refractivity (Wildman–Crippen MR) is 71.0 cm³/mol. The minimum absolute atomic E-state index is 0.189. The molecule has 1 aromatic carbocycles. The van der Waals surface area contributed by atoms with Crippen molar-refractivity contribution in [2.24, 2.45) is 0 Å². The van der Waals surface area contributed by atoms with Crippen LogP contribution in [0.15, 0.2) is 36.8 Å². The molecule has 0 aliphatic heterocycles. The topological polar surface area (TPSA) is 78.9 Å². The highest BCUT2D eigenvalue weighted by Gasteiger charge is 2.17. The molecule has 0 amide bonds. The van der Waals surface area contributed by atoms with Crippen LogP contribution in [0.3, 0.4) is 0 Å². The van der Waals surface area contributed by atoms with Gasteiger partial charge in [-0.05, 0) is 12.5 Å². The van der Waals surface area contributed by atoms with Crippen molar-refractivity contribution >= 4 is 17.0 Å². The molecule has 0 radical (unpaired) electrons. The van der Waals surface area contributed by atoms with Crippen LogP contribution < -0.4 is 0 Å². The van der Waals surface area contributed by atoms with E-state index in [1.165, 1.54) is 12.5 Å². The Morgan fingerprint density at radius 2 is 2.05 bits per heavy atom. The number of nitrogens with one attached hydrogen (secondary N) is 1. The average molecular weight is 253 g/mol. The van der Waals surface area contributed by atoms with Crippen LogP contribution in [-0.4, -0.2) is 26.0 Å². The van der Waals surface area contributed by atoms with E-state index in [1.807, 2.05) is 31.2 Å². The second-order valence-electron chi connectivity index (χ2n) is 4.27. The molecular weight excluding hydrogens is 242 g/mol. The van der Waals surface area contributed by atoms with Gasteiger partial charge < -0.3 is 10.1 Å². The van der Waals surface area contributed by atoms with Crippen molar-refractivity contribution < 1.29 is 9.90 Å². The number of carboxylic acids is 1. The van der Waals surface area contributed by atoms with E-state index in [0.717, 1.165) is 11.1 Å². The van der Waals surface area contributed by atoms with E-state index in [0.29, 0.717) is 16.7 Å². The summed E-state index contributed by atoms with van der Waals surface area (Å²) in [5.41, 5.74) is 3.32. The summed E-state index contributed by atoms with van der Waals surface area (Å²) in [5, 5.41) is 9.78. The summed E-state index contributed by atoms with van der Waals surface area (Å²) >= 11 is 0. The fourth-order valence-corrected chi connectivity index (χ4v) is 2.17. The molecule has 5 nitrogen and oxygen atoms in total. The number of carboxylic acid groups (broad SMARTS) is 1. The molecule has 2 aromatic heterocycles. The number of hydrogen-bond acceptors (Lipinski definition) is 3. The van der Waals surface area contributed by atoms with Crippen LogP contribution in [0.2, 0.25) is 0 Å². The lowest BCUT2D eigenvalue weighted by Gasteiger charge is -2.06. The number of hydrogen-bond donors (Lipinski definition) is 2. The number of H-pyrrole nitrogens is 1. The highest BCUT2D eigenvalue weighted by atomic mass is 16.4. The number of rotatable bonds is 2. The van der Waals surface area contributed by atoms with E-state index in [9.17, 15) is 9.90 Å². The lowest BCUT2D eigenvalue weighted by molar-refractivity contribution is 0.0699. The first-order chi connectivity index (χ1) is 9.18. The molecule has 2 N–H and O–H groups in total. The SMILES string of the molecule is Cc1ccccc1-c1ncnc2[nH]cc(C(=O)O)c12. The molecule has 3 rings (SSSR count). The van der Waals surface area contributed by atoms with Crippen molar-refractivity contribution in [3.63, 3.8) is 0 Å². The Morgan fingerprint density at radius 1 is 1.26 bits per heavy atom. The number of fused-ring (bicyclic) bond motifs is 1. The number of aromatic carboxylic acids is 1. The van der Waals surface area contributed by atoms with Crippen molar-refractivity contribution in [3.05, 3.63) is 47.9 Å². The van der Waals surface area contributed by atoms with Gasteiger partial charge in [-0.15, -0.1) is 0 Å². The molecule has 0 spiro atoms. The molecular formula is C14H11N3O2. The highest BCUT2D eigenvalue weighted by Crippen LogP contribution is 2.29. The zero-order valence-corrected chi connectivity index (χ0v) is 10.2. The quantitative estimate of drug-likeness (QED) is 0.735. The molecule has 0 aliphatic rings. The Balaban J connectivity index is 2.38. The molecule has 0 saturated carbocycles. The Hall–Kier alpha value is -2.69. The van der Waals surface area contributed by atoms with E-state index in [2.05, 4.69) is 15.0 Å². The van der Waals surface area contributed by atoms with E-state index < -0.39 is 5.97 Å². The third-order valence-corrected chi connectivity index (χ3v) is 3.10. The molecule has 5 heteroatoms. The van der Waals surface area contributed by atoms with Crippen molar-refractivity contribution in [1.82, 2.24) is 15.0 Å². The van der Waals surface area contributed by atoms with Gasteiger partial charge in [0.2, 0.25) is 0 Å². The van der Waals surface area contributed by atoms with Gasteiger partial charge in [0, 0.05) is 11.8 Å². The normalized spacial score (nSPS) is 10.8. The molecule has 0 saturated heterocycles. The van der Waals surface area contributed by atoms with E-state index >= 15 is 0 Å². The Labute approximate surface area is 109 Å². The number of aryl methyl sites for hydroxylation is 1. The molecule has 0 fully saturated rings. The molecule has 94 valence electrons. The second kappa shape index (κ2) is 4.20. The van der Waals surface area contributed by atoms with Gasteiger partial charge in [0.25, 0.3) is 0 Å². The maximum absolute atomic E-state index is 11.3. The summed E-state index contributed by atoms with van der Waals surface area (Å²) in [6.45, 7) is 1.97. The minimum Gasteiger partial charge on any atom is -0.478 e. The Bertz CT molecular complexity index is 777. The molecule has 0 aliphatic carbocycles. The molecule has 0 unspecified atom stereocenters. The highest BCUT2D eigenvalue weighted by molar-refractivity contribution is 6.07. The van der Waals surface area contributed by atoms with Gasteiger partial charge in [0.15, 0.2) is 0 Å². The van der Waals surface area contributed by atoms with Crippen LogP contribution in [0.4, 0.5) is 0 Å². The van der Waals surface area contributed by atoms with Gasteiger partial charge in [-0.1, -0.05) is 24.3 Å². The fraction of sp³-hybridized carbons (Fsp3) is 0.0714. The summed E-state index contributed by atoms with van der Waals surface area (Å²) in [6, 6.07) is 7.74. The Kier molecular flexibility index (Phi) is 2.52. The number of aromatic amines is 1. The van der Waals surface area contributed by atoms with Crippen molar-refractivity contribution in [1.29, 1.82) is 0 Å². The third kappa shape index (κ3) is 1.76. The lowest BCUT2D eigenvalue weighted by atomic mass is 10.0. The zero-order valence-electron chi connectivity index (χ0n) is 10.2. The second-order valence-corrected chi connectivity index (χ2v) is 4.27. The maximum Gasteiger partial charge on any atom is 0.338 e. The van der Waals surface area contributed by atoms with Gasteiger partial charge in [-0.3, -0.25) is 0 Å². The van der Waals surface area contributed by atoms with Crippen LogP contribution in [0.5, 0.6) is 0 Å². The van der Waals surface area contributed by atoms with E-state index in [1.54, 1.807) is 0 Å². The van der Waals surface area contributed by atoms with E-state index in [4.69, 9.17) is 0 Å². The summed E-state index contributed by atoms with van der Waals surface area (Å²) < 4.78 is 0. The minimum atomic E-state index is -0.990. The first-order valence-electron chi connectivity index (χ1n) is 5.80. The monoisotopic (exact) mass is 253 g/mol. The molecule has 3 aromatic rings. The molecule has 2 heterocycles. The summed E-state index contributed by atoms with van der Waals surface area (Å²) in [6.07, 6.45) is 2.88. The Morgan fingerprint density at radius 3 is 2.79 bits per heavy atom. The van der Waals surface area contributed by atoms with Crippen LogP contribution in [-0.2, 0) is 0 Å². The van der Waals surface area contributed by atoms with Crippen LogP contribution >= 0.6 is 0 Å². The van der Waals surface area contributed by atoms with Gasteiger partial charge >= 0.3 is 5.97 Å². The maximum atomic E-state index is 11.3. The van der Waals surface area contributed by atoms with Crippen molar-refractivity contribution in [3.8, 4) is 11.3 Å². The lowest BCUT2D eigenvalue weighted by Crippen LogP contribution is -1.97. The largest absolute Gasteiger partial charge is 0.478 e. The number of aromatic nitrogens is 3. The molecule has 0 bridgehead atoms. The van der Waals surface area contributed by atoms with Gasteiger partial charge in [-0.2, -0.15) is 0 Å². The molecule has 19 heavy (non-hydrogen) atoms. The van der Waals surface area contributed by atoms with E-state index in [-0.39, 0.29) is 5.56 Å².